The van der Waals surface area contributed by atoms with E-state index in [0.29, 0.717) is 17.1 Å². The van der Waals surface area contributed by atoms with Gasteiger partial charge < -0.3 is 5.32 Å². The highest BCUT2D eigenvalue weighted by Crippen LogP contribution is 2.23. The van der Waals surface area contributed by atoms with E-state index in [1.54, 1.807) is 30.3 Å². The van der Waals surface area contributed by atoms with Crippen molar-refractivity contribution in [3.63, 3.8) is 0 Å². The average Bonchev–Trinajstić information content (AvgIpc) is 2.60. The van der Waals surface area contributed by atoms with Crippen LogP contribution in [-0.4, -0.2) is 24.6 Å². The summed E-state index contributed by atoms with van der Waals surface area (Å²) in [6.07, 6.45) is 2.47. The van der Waals surface area contributed by atoms with Crippen molar-refractivity contribution in [2.75, 3.05) is 11.6 Å². The van der Waals surface area contributed by atoms with Crippen molar-refractivity contribution in [2.24, 2.45) is 0 Å². The minimum Gasteiger partial charge on any atom is -0.340 e. The first-order valence-corrected chi connectivity index (χ1v) is 9.67. The van der Waals surface area contributed by atoms with Gasteiger partial charge in [-0.3, -0.25) is 0 Å². The summed E-state index contributed by atoms with van der Waals surface area (Å²) in [6, 6.07) is 15.3. The fraction of sp³-hybridized carbons (Fsp3) is 0.111. The summed E-state index contributed by atoms with van der Waals surface area (Å²) in [7, 11) is -3.26. The summed E-state index contributed by atoms with van der Waals surface area (Å²) >= 11 is 0. The zero-order valence-corrected chi connectivity index (χ0v) is 14.8. The summed E-state index contributed by atoms with van der Waals surface area (Å²) in [5.74, 6) is 0.150. The molecule has 6 nitrogen and oxygen atoms in total. The van der Waals surface area contributed by atoms with Gasteiger partial charge in [0.05, 0.1) is 11.9 Å². The lowest BCUT2D eigenvalue weighted by molar-refractivity contribution is 0.587. The maximum absolute atomic E-state index is 13.9. The zero-order chi connectivity index (χ0) is 18.6. The normalized spacial score (nSPS) is 11.3. The monoisotopic (exact) mass is 372 g/mol. The molecule has 0 saturated heterocycles. The molecular formula is C18H17FN4O2S. The van der Waals surface area contributed by atoms with Crippen LogP contribution in [0, 0.1) is 5.82 Å². The van der Waals surface area contributed by atoms with E-state index in [0.717, 1.165) is 17.5 Å². The molecule has 0 saturated carbocycles. The van der Waals surface area contributed by atoms with Gasteiger partial charge in [-0.25, -0.2) is 27.5 Å². The van der Waals surface area contributed by atoms with Crippen LogP contribution in [0.2, 0.25) is 0 Å². The number of nitrogens with one attached hydrogen (secondary N) is 2. The van der Waals surface area contributed by atoms with Gasteiger partial charge in [0.2, 0.25) is 10.0 Å². The highest BCUT2D eigenvalue weighted by molar-refractivity contribution is 7.88. The van der Waals surface area contributed by atoms with E-state index in [1.165, 1.54) is 12.4 Å². The molecule has 1 heterocycles. The summed E-state index contributed by atoms with van der Waals surface area (Å²) in [5.41, 5.74) is 2.39. The molecule has 0 spiro atoms. The zero-order valence-electron chi connectivity index (χ0n) is 14.0. The number of aromatic nitrogens is 2. The van der Waals surface area contributed by atoms with Gasteiger partial charge in [-0.05, 0) is 29.8 Å². The van der Waals surface area contributed by atoms with E-state index in [4.69, 9.17) is 0 Å². The topological polar surface area (TPSA) is 84.0 Å². The Bertz CT molecular complexity index is 1020. The van der Waals surface area contributed by atoms with E-state index in [2.05, 4.69) is 20.0 Å². The quantitative estimate of drug-likeness (QED) is 0.695. The minimum absolute atomic E-state index is 0.193. The molecule has 0 fully saturated rings. The number of anilines is 2. The maximum atomic E-state index is 13.9. The van der Waals surface area contributed by atoms with Crippen molar-refractivity contribution in [3.05, 3.63) is 72.3 Å². The number of rotatable bonds is 6. The summed E-state index contributed by atoms with van der Waals surface area (Å²) in [6.45, 7) is 0.193. The molecule has 8 heteroatoms. The SMILES string of the molecule is CS(=O)(=O)NCc1cccc(Nc2cc(-c3ccccc3F)ncn2)c1. The Morgan fingerprint density at radius 1 is 1.04 bits per heavy atom. The molecule has 3 aromatic rings. The Morgan fingerprint density at radius 3 is 2.62 bits per heavy atom. The van der Waals surface area contributed by atoms with Crippen LogP contribution in [0.15, 0.2) is 60.9 Å². The lowest BCUT2D eigenvalue weighted by atomic mass is 10.1. The van der Waals surface area contributed by atoms with Crippen LogP contribution in [-0.2, 0) is 16.6 Å². The minimum atomic E-state index is -3.26. The van der Waals surface area contributed by atoms with E-state index >= 15 is 0 Å². The molecule has 0 bridgehead atoms. The molecule has 0 aliphatic rings. The van der Waals surface area contributed by atoms with Gasteiger partial charge in [0.1, 0.15) is 18.0 Å². The Labute approximate surface area is 151 Å². The van der Waals surface area contributed by atoms with Gasteiger partial charge in [-0.2, -0.15) is 0 Å². The number of sulfonamides is 1. The number of hydrogen-bond acceptors (Lipinski definition) is 5. The van der Waals surface area contributed by atoms with Crippen molar-refractivity contribution in [2.45, 2.75) is 6.54 Å². The molecule has 26 heavy (non-hydrogen) atoms. The average molecular weight is 372 g/mol. The van der Waals surface area contributed by atoms with E-state index < -0.39 is 10.0 Å². The number of nitrogens with zero attached hydrogens (tertiary/aromatic N) is 2. The van der Waals surface area contributed by atoms with Gasteiger partial charge in [-0.15, -0.1) is 0 Å². The Hall–Kier alpha value is -2.84. The van der Waals surface area contributed by atoms with Crippen LogP contribution in [0.3, 0.4) is 0 Å². The smallest absolute Gasteiger partial charge is 0.209 e. The predicted octanol–water partition coefficient (Wildman–Crippen LogP) is 3.08. The molecule has 0 unspecified atom stereocenters. The van der Waals surface area contributed by atoms with Gasteiger partial charge in [0.25, 0.3) is 0 Å². The largest absolute Gasteiger partial charge is 0.340 e. The van der Waals surface area contributed by atoms with Crippen LogP contribution in [0.5, 0.6) is 0 Å². The van der Waals surface area contributed by atoms with E-state index in [1.807, 2.05) is 18.2 Å². The van der Waals surface area contributed by atoms with Crippen molar-refractivity contribution in [1.82, 2.24) is 14.7 Å². The molecule has 3 rings (SSSR count). The van der Waals surface area contributed by atoms with Crippen molar-refractivity contribution < 1.29 is 12.8 Å². The third kappa shape index (κ3) is 4.84. The van der Waals surface area contributed by atoms with Gasteiger partial charge >= 0.3 is 0 Å². The second-order valence-corrected chi connectivity index (χ2v) is 7.52. The third-order valence-corrected chi connectivity index (χ3v) is 4.22. The lowest BCUT2D eigenvalue weighted by Gasteiger charge is -2.09. The molecule has 134 valence electrons. The molecule has 0 aliphatic carbocycles. The van der Waals surface area contributed by atoms with Gasteiger partial charge in [0.15, 0.2) is 0 Å². The second-order valence-electron chi connectivity index (χ2n) is 5.69. The van der Waals surface area contributed by atoms with Crippen molar-refractivity contribution in [1.29, 1.82) is 0 Å². The Morgan fingerprint density at radius 2 is 1.85 bits per heavy atom. The number of benzene rings is 2. The number of halogens is 1. The highest BCUT2D eigenvalue weighted by Gasteiger charge is 2.07. The molecule has 0 aliphatic heterocycles. The van der Waals surface area contributed by atoms with Crippen LogP contribution >= 0.6 is 0 Å². The summed E-state index contributed by atoms with van der Waals surface area (Å²) in [5, 5.41) is 3.12. The fourth-order valence-corrected chi connectivity index (χ4v) is 2.79. The van der Waals surface area contributed by atoms with E-state index in [9.17, 15) is 12.8 Å². The standard InChI is InChI=1S/C18H17FN4O2S/c1-26(24,25)22-11-13-5-4-6-14(9-13)23-18-10-17(20-12-21-18)15-7-2-3-8-16(15)19/h2-10,12,22H,11H2,1H3,(H,20,21,23). The maximum Gasteiger partial charge on any atom is 0.209 e. The molecule has 1 aromatic heterocycles. The van der Waals surface area contributed by atoms with Crippen molar-refractivity contribution in [3.8, 4) is 11.3 Å². The molecule has 0 radical (unpaired) electrons. The number of hydrogen-bond donors (Lipinski definition) is 2. The lowest BCUT2D eigenvalue weighted by Crippen LogP contribution is -2.21. The fourth-order valence-electron chi connectivity index (χ4n) is 2.36. The van der Waals surface area contributed by atoms with Crippen LogP contribution in [0.4, 0.5) is 15.9 Å². The first-order chi connectivity index (χ1) is 12.4. The van der Waals surface area contributed by atoms with Gasteiger partial charge in [0, 0.05) is 23.9 Å². The third-order valence-electron chi connectivity index (χ3n) is 3.55. The van der Waals surface area contributed by atoms with Crippen LogP contribution < -0.4 is 10.0 Å². The van der Waals surface area contributed by atoms with Crippen LogP contribution in [0.1, 0.15) is 5.56 Å². The second kappa shape index (κ2) is 7.59. The Kier molecular flexibility index (Phi) is 5.24. The first-order valence-electron chi connectivity index (χ1n) is 7.78. The Balaban J connectivity index is 1.79. The van der Waals surface area contributed by atoms with Crippen molar-refractivity contribution >= 4 is 21.5 Å². The first kappa shape index (κ1) is 18.0. The molecular weight excluding hydrogens is 355 g/mol. The highest BCUT2D eigenvalue weighted by atomic mass is 32.2. The van der Waals surface area contributed by atoms with Crippen LogP contribution in [0.25, 0.3) is 11.3 Å². The summed E-state index contributed by atoms with van der Waals surface area (Å²) in [4.78, 5) is 8.27. The van der Waals surface area contributed by atoms with Gasteiger partial charge in [-0.1, -0.05) is 24.3 Å². The van der Waals surface area contributed by atoms with E-state index in [-0.39, 0.29) is 12.4 Å². The molecule has 2 aromatic carbocycles. The predicted molar refractivity (Wildman–Crippen MR) is 98.8 cm³/mol. The molecule has 0 amide bonds. The molecule has 0 atom stereocenters. The summed E-state index contributed by atoms with van der Waals surface area (Å²) < 4.78 is 38.8. The molecule has 2 N–H and O–H groups in total.